The van der Waals surface area contributed by atoms with Crippen molar-refractivity contribution in [1.29, 1.82) is 0 Å². The van der Waals surface area contributed by atoms with Crippen LogP contribution in [0.25, 0.3) is 0 Å². The van der Waals surface area contributed by atoms with E-state index in [4.69, 9.17) is 5.73 Å². The summed E-state index contributed by atoms with van der Waals surface area (Å²) in [6, 6.07) is 0. The van der Waals surface area contributed by atoms with E-state index in [0.29, 0.717) is 12.8 Å². The van der Waals surface area contributed by atoms with Crippen LogP contribution >= 0.6 is 0 Å². The summed E-state index contributed by atoms with van der Waals surface area (Å²) in [6.07, 6.45) is 6.51. The Balaban J connectivity index is 2.21. The molecule has 1 unspecified atom stereocenters. The molecule has 2 saturated carbocycles. The second kappa shape index (κ2) is 3.37. The normalized spacial score (nSPS) is 30.9. The molecule has 2 fully saturated rings. The number of ketones is 1. The van der Waals surface area contributed by atoms with Crippen molar-refractivity contribution in [3.8, 4) is 0 Å². The third-order valence-corrected chi connectivity index (χ3v) is 4.02. The van der Waals surface area contributed by atoms with Crippen molar-refractivity contribution in [2.45, 2.75) is 44.9 Å². The molecule has 0 aromatic carbocycles. The van der Waals surface area contributed by atoms with Crippen LogP contribution in [-0.4, -0.2) is 11.7 Å². The Morgan fingerprint density at radius 1 is 1.29 bits per heavy atom. The smallest absolute Gasteiger partial charge is 0.221 e. The minimum absolute atomic E-state index is 0.0970. The molecule has 1 amide bonds. The lowest BCUT2D eigenvalue weighted by Gasteiger charge is -2.39. The third-order valence-electron chi connectivity index (χ3n) is 4.02. The van der Waals surface area contributed by atoms with Gasteiger partial charge in [-0.1, -0.05) is 12.8 Å². The van der Waals surface area contributed by atoms with Gasteiger partial charge in [0.1, 0.15) is 5.78 Å². The van der Waals surface area contributed by atoms with Crippen LogP contribution in [0.15, 0.2) is 0 Å². The predicted octanol–water partition coefficient (Wildman–Crippen LogP) is 1.40. The minimum atomic E-state index is -0.264. The number of hydrogen-bond donors (Lipinski definition) is 1. The van der Waals surface area contributed by atoms with E-state index in [9.17, 15) is 9.59 Å². The average Bonchev–Trinajstić information content (AvgIpc) is 2.59. The number of carbonyl (C=O) groups excluding carboxylic acids is 2. The van der Waals surface area contributed by atoms with Crippen LogP contribution in [0.5, 0.6) is 0 Å². The molecule has 0 aliphatic heterocycles. The van der Waals surface area contributed by atoms with Gasteiger partial charge in [0.15, 0.2) is 0 Å². The minimum Gasteiger partial charge on any atom is -0.369 e. The van der Waals surface area contributed by atoms with Gasteiger partial charge in [-0.2, -0.15) is 0 Å². The van der Waals surface area contributed by atoms with Gasteiger partial charge in [-0.05, 0) is 24.7 Å². The Morgan fingerprint density at radius 3 is 2.50 bits per heavy atom. The van der Waals surface area contributed by atoms with E-state index in [2.05, 4.69) is 0 Å². The maximum atomic E-state index is 11.3. The molecule has 3 heteroatoms. The fourth-order valence-electron chi connectivity index (χ4n) is 3.19. The summed E-state index contributed by atoms with van der Waals surface area (Å²) in [5.74, 6) is -0.225. The number of amides is 1. The highest BCUT2D eigenvalue weighted by atomic mass is 16.1. The van der Waals surface area contributed by atoms with Crippen LogP contribution in [0.3, 0.4) is 0 Å². The summed E-state index contributed by atoms with van der Waals surface area (Å²) in [5.41, 5.74) is 5.49. The molecule has 0 aromatic heterocycles. The first-order valence-electron chi connectivity index (χ1n) is 5.45. The highest BCUT2D eigenvalue weighted by Crippen LogP contribution is 2.51. The van der Waals surface area contributed by atoms with Crippen LogP contribution < -0.4 is 5.73 Å². The monoisotopic (exact) mass is 195 g/mol. The van der Waals surface area contributed by atoms with Crippen molar-refractivity contribution in [2.24, 2.45) is 17.1 Å². The van der Waals surface area contributed by atoms with Gasteiger partial charge in [0, 0.05) is 12.8 Å². The third kappa shape index (κ3) is 1.45. The number of rotatable bonds is 1. The Bertz CT molecular complexity index is 266. The van der Waals surface area contributed by atoms with Crippen LogP contribution in [0, 0.1) is 11.3 Å². The van der Waals surface area contributed by atoms with E-state index in [-0.39, 0.29) is 23.0 Å². The zero-order valence-electron chi connectivity index (χ0n) is 8.42. The predicted molar refractivity (Wildman–Crippen MR) is 52.4 cm³/mol. The molecule has 0 heterocycles. The van der Waals surface area contributed by atoms with E-state index in [0.717, 1.165) is 19.3 Å². The van der Waals surface area contributed by atoms with Gasteiger partial charge in [-0.25, -0.2) is 0 Å². The number of Topliss-reactive ketones (excluding diaryl/α,β-unsaturated/α-hetero) is 1. The average molecular weight is 195 g/mol. The standard InChI is InChI=1S/C11H17NO2/c12-10(14)9-7-8(13)3-6-11(9)4-1-2-5-11/h9H,1-7H2,(H2,12,14). The number of hydrogen-bond acceptors (Lipinski definition) is 2. The first-order valence-corrected chi connectivity index (χ1v) is 5.45. The fourth-order valence-corrected chi connectivity index (χ4v) is 3.19. The molecule has 2 rings (SSSR count). The number of primary amides is 1. The summed E-state index contributed by atoms with van der Waals surface area (Å²) in [7, 11) is 0. The molecule has 0 saturated heterocycles. The van der Waals surface area contributed by atoms with Crippen molar-refractivity contribution >= 4 is 11.7 Å². The van der Waals surface area contributed by atoms with Gasteiger partial charge >= 0.3 is 0 Å². The maximum Gasteiger partial charge on any atom is 0.221 e. The van der Waals surface area contributed by atoms with Crippen molar-refractivity contribution in [2.75, 3.05) is 0 Å². The van der Waals surface area contributed by atoms with Crippen molar-refractivity contribution in [3.05, 3.63) is 0 Å². The largest absolute Gasteiger partial charge is 0.369 e. The molecule has 0 bridgehead atoms. The van der Waals surface area contributed by atoms with Crippen LogP contribution in [0.4, 0.5) is 0 Å². The van der Waals surface area contributed by atoms with Crippen molar-refractivity contribution < 1.29 is 9.59 Å². The van der Waals surface area contributed by atoms with Gasteiger partial charge in [0.25, 0.3) is 0 Å². The fraction of sp³-hybridized carbons (Fsp3) is 0.818. The van der Waals surface area contributed by atoms with Crippen molar-refractivity contribution in [3.63, 3.8) is 0 Å². The van der Waals surface area contributed by atoms with E-state index in [1.54, 1.807) is 0 Å². The zero-order valence-corrected chi connectivity index (χ0v) is 8.42. The summed E-state index contributed by atoms with van der Waals surface area (Å²) >= 11 is 0. The van der Waals surface area contributed by atoms with Gasteiger partial charge in [0.05, 0.1) is 5.92 Å². The highest BCUT2D eigenvalue weighted by molar-refractivity contribution is 5.88. The Labute approximate surface area is 84.0 Å². The van der Waals surface area contributed by atoms with Crippen molar-refractivity contribution in [1.82, 2.24) is 0 Å². The Kier molecular flexibility index (Phi) is 2.33. The molecule has 1 spiro atoms. The molecule has 1 atom stereocenters. The molecule has 0 aromatic rings. The molecule has 2 N–H and O–H groups in total. The molecule has 2 aliphatic rings. The lowest BCUT2D eigenvalue weighted by molar-refractivity contribution is -0.136. The van der Waals surface area contributed by atoms with Crippen LogP contribution in [0.1, 0.15) is 44.9 Å². The molecule has 14 heavy (non-hydrogen) atoms. The van der Waals surface area contributed by atoms with E-state index < -0.39 is 0 Å². The number of nitrogens with two attached hydrogens (primary N) is 1. The summed E-state index contributed by atoms with van der Waals surface area (Å²) in [5, 5.41) is 0. The first kappa shape index (κ1) is 9.69. The quantitative estimate of drug-likeness (QED) is 0.687. The molecule has 78 valence electrons. The first-order chi connectivity index (χ1) is 6.64. The molecular formula is C11H17NO2. The topological polar surface area (TPSA) is 60.2 Å². The number of carbonyl (C=O) groups is 2. The summed E-state index contributed by atoms with van der Waals surface area (Å²) in [4.78, 5) is 22.6. The second-order valence-electron chi connectivity index (χ2n) is 4.77. The van der Waals surface area contributed by atoms with Crippen LogP contribution in [0.2, 0.25) is 0 Å². The lowest BCUT2D eigenvalue weighted by atomic mass is 9.64. The van der Waals surface area contributed by atoms with Crippen LogP contribution in [-0.2, 0) is 9.59 Å². The lowest BCUT2D eigenvalue weighted by Crippen LogP contribution is -2.42. The molecule has 2 aliphatic carbocycles. The van der Waals surface area contributed by atoms with E-state index in [1.807, 2.05) is 0 Å². The van der Waals surface area contributed by atoms with Gasteiger partial charge < -0.3 is 5.73 Å². The highest BCUT2D eigenvalue weighted by Gasteiger charge is 2.47. The Hall–Kier alpha value is -0.860. The zero-order chi connectivity index (χ0) is 10.2. The molecule has 0 radical (unpaired) electrons. The van der Waals surface area contributed by atoms with Gasteiger partial charge in [0.2, 0.25) is 5.91 Å². The summed E-state index contributed by atoms with van der Waals surface area (Å²) in [6.45, 7) is 0. The maximum absolute atomic E-state index is 11.3. The van der Waals surface area contributed by atoms with E-state index in [1.165, 1.54) is 12.8 Å². The van der Waals surface area contributed by atoms with Gasteiger partial charge in [-0.15, -0.1) is 0 Å². The molecule has 3 nitrogen and oxygen atoms in total. The second-order valence-corrected chi connectivity index (χ2v) is 4.77. The summed E-state index contributed by atoms with van der Waals surface area (Å²) < 4.78 is 0. The van der Waals surface area contributed by atoms with Gasteiger partial charge in [-0.3, -0.25) is 9.59 Å². The SMILES string of the molecule is NC(=O)C1CC(=O)CCC12CCCC2. The Morgan fingerprint density at radius 2 is 1.93 bits per heavy atom. The molecular weight excluding hydrogens is 178 g/mol. The van der Waals surface area contributed by atoms with E-state index >= 15 is 0 Å².